The van der Waals surface area contributed by atoms with Crippen LogP contribution >= 0.6 is 0 Å². The lowest BCUT2D eigenvalue weighted by molar-refractivity contribution is -0.137. The number of rotatable bonds is 1. The van der Waals surface area contributed by atoms with Crippen molar-refractivity contribution in [2.45, 2.75) is 19.3 Å². The molecule has 5 nitrogen and oxygen atoms in total. The molecule has 3 rings (SSSR count). The van der Waals surface area contributed by atoms with Gasteiger partial charge in [0.15, 0.2) is 0 Å². The number of hydrogen-bond acceptors (Lipinski definition) is 2. The maximum Gasteiger partial charge on any atom is 0.416 e. The van der Waals surface area contributed by atoms with Gasteiger partial charge in [0.2, 0.25) is 0 Å². The highest BCUT2D eigenvalue weighted by Crippen LogP contribution is 2.29. The first kappa shape index (κ1) is 13.5. The Morgan fingerprint density at radius 1 is 0.952 bits per heavy atom. The van der Waals surface area contributed by atoms with Crippen LogP contribution in [0.25, 0.3) is 5.69 Å². The standard InChI is InChI=1S/C13H10F3N3O2/c14-13(15,16)9-4-3-5-10(8-9)19-11(20)17-6-1-2-7-18(17)12(19)21/h1-5,8H,6-7H2. The van der Waals surface area contributed by atoms with Gasteiger partial charge < -0.3 is 0 Å². The highest BCUT2D eigenvalue weighted by molar-refractivity contribution is 5.36. The molecule has 0 fully saturated rings. The Morgan fingerprint density at radius 3 is 2.05 bits per heavy atom. The van der Waals surface area contributed by atoms with E-state index in [0.717, 1.165) is 16.7 Å². The SMILES string of the molecule is O=c1n(-c2cccc(C(F)(F)F)c2)c(=O)n2n1CC=CC2. The summed E-state index contributed by atoms with van der Waals surface area (Å²) in [6.45, 7) is 0.445. The van der Waals surface area contributed by atoms with Crippen molar-refractivity contribution in [1.29, 1.82) is 0 Å². The molecule has 0 amide bonds. The summed E-state index contributed by atoms with van der Waals surface area (Å²) in [5.41, 5.74) is -2.29. The van der Waals surface area contributed by atoms with Crippen molar-refractivity contribution in [3.63, 3.8) is 0 Å². The molecule has 0 aliphatic carbocycles. The van der Waals surface area contributed by atoms with E-state index in [0.29, 0.717) is 0 Å². The quantitative estimate of drug-likeness (QED) is 0.747. The lowest BCUT2D eigenvalue weighted by atomic mass is 10.2. The predicted molar refractivity (Wildman–Crippen MR) is 68.4 cm³/mol. The van der Waals surface area contributed by atoms with E-state index in [1.807, 2.05) is 0 Å². The molecule has 0 atom stereocenters. The largest absolute Gasteiger partial charge is 0.416 e. The summed E-state index contributed by atoms with van der Waals surface area (Å²) in [5, 5.41) is 0. The molecule has 2 aromatic rings. The summed E-state index contributed by atoms with van der Waals surface area (Å²) in [6, 6.07) is 4.16. The van der Waals surface area contributed by atoms with Crippen molar-refractivity contribution < 1.29 is 13.2 Å². The smallest absolute Gasteiger partial charge is 0.245 e. The number of allylic oxidation sites excluding steroid dienone is 2. The van der Waals surface area contributed by atoms with Gasteiger partial charge in [-0.15, -0.1) is 0 Å². The van der Waals surface area contributed by atoms with Gasteiger partial charge in [-0.3, -0.25) is 0 Å². The lowest BCUT2D eigenvalue weighted by Gasteiger charge is -2.08. The summed E-state index contributed by atoms with van der Waals surface area (Å²) >= 11 is 0. The van der Waals surface area contributed by atoms with Crippen molar-refractivity contribution in [1.82, 2.24) is 13.9 Å². The van der Waals surface area contributed by atoms with Crippen LogP contribution in [-0.4, -0.2) is 13.9 Å². The highest BCUT2D eigenvalue weighted by atomic mass is 19.4. The third-order valence-corrected chi connectivity index (χ3v) is 3.27. The Morgan fingerprint density at radius 2 is 1.52 bits per heavy atom. The van der Waals surface area contributed by atoms with Gasteiger partial charge in [0.05, 0.1) is 24.3 Å². The van der Waals surface area contributed by atoms with Crippen LogP contribution in [0.2, 0.25) is 0 Å². The monoisotopic (exact) mass is 297 g/mol. The second kappa shape index (κ2) is 4.51. The fourth-order valence-electron chi connectivity index (χ4n) is 2.26. The summed E-state index contributed by atoms with van der Waals surface area (Å²) in [4.78, 5) is 24.4. The topological polar surface area (TPSA) is 48.9 Å². The van der Waals surface area contributed by atoms with E-state index in [4.69, 9.17) is 0 Å². The minimum absolute atomic E-state index is 0.0887. The number of benzene rings is 1. The van der Waals surface area contributed by atoms with Crippen molar-refractivity contribution >= 4 is 0 Å². The molecule has 0 N–H and O–H groups in total. The minimum Gasteiger partial charge on any atom is -0.245 e. The molecular formula is C13H10F3N3O2. The Balaban J connectivity index is 2.21. The van der Waals surface area contributed by atoms with Crippen LogP contribution in [0.5, 0.6) is 0 Å². The molecule has 1 aromatic carbocycles. The second-order valence-electron chi connectivity index (χ2n) is 4.58. The number of alkyl halides is 3. The molecule has 1 aliphatic heterocycles. The van der Waals surface area contributed by atoms with Crippen LogP contribution in [0, 0.1) is 0 Å². The maximum atomic E-state index is 12.7. The predicted octanol–water partition coefficient (Wildman–Crippen LogP) is 1.39. The van der Waals surface area contributed by atoms with Crippen molar-refractivity contribution in [2.24, 2.45) is 0 Å². The molecule has 1 aromatic heterocycles. The van der Waals surface area contributed by atoms with Gasteiger partial charge in [-0.05, 0) is 18.2 Å². The molecule has 2 heterocycles. The number of nitrogens with zero attached hydrogens (tertiary/aromatic N) is 3. The molecule has 0 saturated heterocycles. The highest BCUT2D eigenvalue weighted by Gasteiger charge is 2.31. The minimum atomic E-state index is -4.53. The first-order valence-corrected chi connectivity index (χ1v) is 6.15. The summed E-state index contributed by atoms with van der Waals surface area (Å²) in [7, 11) is 0. The maximum absolute atomic E-state index is 12.7. The third kappa shape index (κ3) is 2.12. The van der Waals surface area contributed by atoms with Crippen LogP contribution in [0.15, 0.2) is 46.0 Å². The van der Waals surface area contributed by atoms with Crippen LogP contribution in [0.3, 0.4) is 0 Å². The number of halogens is 3. The normalized spacial score (nSPS) is 14.2. The van der Waals surface area contributed by atoms with Crippen molar-refractivity contribution in [2.75, 3.05) is 0 Å². The molecule has 0 bridgehead atoms. The molecule has 21 heavy (non-hydrogen) atoms. The van der Waals surface area contributed by atoms with Gasteiger partial charge in [-0.25, -0.2) is 23.5 Å². The van der Waals surface area contributed by atoms with E-state index in [9.17, 15) is 22.8 Å². The molecular weight excluding hydrogens is 287 g/mol. The molecule has 0 unspecified atom stereocenters. The van der Waals surface area contributed by atoms with E-state index < -0.39 is 23.1 Å². The van der Waals surface area contributed by atoms with Crippen LogP contribution in [0.1, 0.15) is 5.56 Å². The number of hydrogen-bond donors (Lipinski definition) is 0. The molecule has 8 heteroatoms. The Kier molecular flexibility index (Phi) is 2.89. The van der Waals surface area contributed by atoms with Gasteiger partial charge in [-0.2, -0.15) is 13.2 Å². The first-order chi connectivity index (χ1) is 9.89. The summed E-state index contributed by atoms with van der Waals surface area (Å²) in [5.74, 6) is 0. The van der Waals surface area contributed by atoms with Crippen molar-refractivity contribution in [3.8, 4) is 5.69 Å². The molecule has 0 spiro atoms. The van der Waals surface area contributed by atoms with E-state index >= 15 is 0 Å². The molecule has 0 saturated carbocycles. The van der Waals surface area contributed by atoms with Crippen LogP contribution in [-0.2, 0) is 19.3 Å². The zero-order chi connectivity index (χ0) is 15.2. The van der Waals surface area contributed by atoms with Gasteiger partial charge in [0.1, 0.15) is 0 Å². The average Bonchev–Trinajstić information content (AvgIpc) is 2.71. The van der Waals surface area contributed by atoms with Gasteiger partial charge >= 0.3 is 17.6 Å². The van der Waals surface area contributed by atoms with Gasteiger partial charge in [0, 0.05) is 0 Å². The molecule has 1 aliphatic rings. The van der Waals surface area contributed by atoms with E-state index in [1.54, 1.807) is 12.2 Å². The second-order valence-corrected chi connectivity index (χ2v) is 4.58. The van der Waals surface area contributed by atoms with Crippen LogP contribution < -0.4 is 11.4 Å². The van der Waals surface area contributed by atoms with E-state index in [1.165, 1.54) is 21.5 Å². The Bertz CT molecular complexity index is 800. The number of aromatic nitrogens is 3. The summed E-state index contributed by atoms with van der Waals surface area (Å²) in [6.07, 6.45) is -1.09. The first-order valence-electron chi connectivity index (χ1n) is 6.15. The van der Waals surface area contributed by atoms with Gasteiger partial charge in [-0.1, -0.05) is 18.2 Å². The summed E-state index contributed by atoms with van der Waals surface area (Å²) < 4.78 is 41.3. The fraction of sp³-hybridized carbons (Fsp3) is 0.231. The Hall–Kier alpha value is -2.51. The lowest BCUT2D eigenvalue weighted by Crippen LogP contribution is -2.28. The zero-order valence-electron chi connectivity index (χ0n) is 10.7. The average molecular weight is 297 g/mol. The zero-order valence-corrected chi connectivity index (χ0v) is 10.7. The van der Waals surface area contributed by atoms with Crippen molar-refractivity contribution in [3.05, 3.63) is 62.9 Å². The Labute approximate surface area is 116 Å². The van der Waals surface area contributed by atoms with Crippen LogP contribution in [0.4, 0.5) is 13.2 Å². The fourth-order valence-corrected chi connectivity index (χ4v) is 2.26. The van der Waals surface area contributed by atoms with E-state index in [2.05, 4.69) is 0 Å². The van der Waals surface area contributed by atoms with E-state index in [-0.39, 0.29) is 18.8 Å². The van der Waals surface area contributed by atoms with Gasteiger partial charge in [0.25, 0.3) is 0 Å². The molecule has 0 radical (unpaired) electrons. The number of fused-ring (bicyclic) bond motifs is 1. The third-order valence-electron chi connectivity index (χ3n) is 3.27. The molecule has 110 valence electrons.